The highest BCUT2D eigenvalue weighted by molar-refractivity contribution is 4.77. The van der Waals surface area contributed by atoms with E-state index in [0.717, 1.165) is 0 Å². The predicted octanol–water partition coefficient (Wildman–Crippen LogP) is 0.649. The summed E-state index contributed by atoms with van der Waals surface area (Å²) in [5, 5.41) is 8.57. The number of rotatable bonds is 2. The van der Waals surface area contributed by atoms with E-state index in [1.54, 1.807) is 0 Å². The minimum Gasteiger partial charge on any atom is -0.396 e. The van der Waals surface area contributed by atoms with Crippen LogP contribution in [0.3, 0.4) is 0 Å². The first kappa shape index (κ1) is 7.88. The molecule has 60 valence electrons. The lowest BCUT2D eigenvalue weighted by Crippen LogP contribution is -2.26. The number of ether oxygens (including phenoxy) is 1. The predicted molar refractivity (Wildman–Crippen MR) is 30.9 cm³/mol. The number of aliphatic hydroxyl groups excluding tert-OH is 1. The maximum absolute atomic E-state index is 11.9. The van der Waals surface area contributed by atoms with Crippen LogP contribution in [-0.2, 0) is 4.74 Å². The van der Waals surface area contributed by atoms with E-state index >= 15 is 0 Å². The van der Waals surface area contributed by atoms with Gasteiger partial charge >= 0.3 is 0 Å². The molecule has 0 aliphatic carbocycles. The van der Waals surface area contributed by atoms with Crippen molar-refractivity contribution < 1.29 is 18.6 Å². The molecule has 10 heavy (non-hydrogen) atoms. The second-order valence-electron chi connectivity index (χ2n) is 2.40. The Labute approximate surface area is 57.8 Å². The Bertz CT molecular complexity index is 108. The zero-order valence-corrected chi connectivity index (χ0v) is 5.46. The first-order valence-corrected chi connectivity index (χ1v) is 3.26. The van der Waals surface area contributed by atoms with E-state index in [1.807, 2.05) is 0 Å². The minimum atomic E-state index is -2.46. The standard InChI is InChI=1S/C6H10F2O2/c7-6(8)5-4(3-9)1-2-10-5/h4-6,9H,1-3H2/t4-,5-/m1/s1. The van der Waals surface area contributed by atoms with E-state index in [4.69, 9.17) is 9.84 Å². The SMILES string of the molecule is OC[C@H]1CCO[C@H]1C(F)F. The summed E-state index contributed by atoms with van der Waals surface area (Å²) < 4.78 is 28.6. The summed E-state index contributed by atoms with van der Waals surface area (Å²) in [4.78, 5) is 0. The Hall–Kier alpha value is -0.220. The van der Waals surface area contributed by atoms with Crippen LogP contribution >= 0.6 is 0 Å². The van der Waals surface area contributed by atoms with Crippen LogP contribution in [0.5, 0.6) is 0 Å². The highest BCUT2D eigenvalue weighted by atomic mass is 19.3. The fourth-order valence-electron chi connectivity index (χ4n) is 1.13. The molecule has 0 saturated carbocycles. The fourth-order valence-corrected chi connectivity index (χ4v) is 1.13. The maximum atomic E-state index is 11.9. The maximum Gasteiger partial charge on any atom is 0.264 e. The molecule has 1 heterocycles. The van der Waals surface area contributed by atoms with Crippen LogP contribution in [0.2, 0.25) is 0 Å². The smallest absolute Gasteiger partial charge is 0.264 e. The molecule has 1 fully saturated rings. The lowest BCUT2D eigenvalue weighted by Gasteiger charge is -2.14. The van der Waals surface area contributed by atoms with Crippen LogP contribution < -0.4 is 0 Å². The number of alkyl halides is 2. The summed E-state index contributed by atoms with van der Waals surface area (Å²) in [5.41, 5.74) is 0. The van der Waals surface area contributed by atoms with Crippen molar-refractivity contribution in [1.29, 1.82) is 0 Å². The summed E-state index contributed by atoms with van der Waals surface area (Å²) in [5.74, 6) is -0.361. The number of halogens is 2. The van der Waals surface area contributed by atoms with Gasteiger partial charge in [-0.1, -0.05) is 0 Å². The van der Waals surface area contributed by atoms with Crippen LogP contribution in [0.15, 0.2) is 0 Å². The molecule has 2 nitrogen and oxygen atoms in total. The Morgan fingerprint density at radius 1 is 1.60 bits per heavy atom. The fraction of sp³-hybridized carbons (Fsp3) is 1.00. The Kier molecular flexibility index (Phi) is 2.56. The first-order valence-electron chi connectivity index (χ1n) is 3.26. The highest BCUT2D eigenvalue weighted by Crippen LogP contribution is 2.24. The molecule has 2 atom stereocenters. The topological polar surface area (TPSA) is 29.5 Å². The second kappa shape index (κ2) is 3.25. The Morgan fingerprint density at radius 2 is 2.30 bits per heavy atom. The normalized spacial score (nSPS) is 33.6. The Balaban J connectivity index is 2.42. The van der Waals surface area contributed by atoms with Crippen molar-refractivity contribution in [2.24, 2.45) is 5.92 Å². The van der Waals surface area contributed by atoms with Gasteiger partial charge in [0.05, 0.1) is 0 Å². The van der Waals surface area contributed by atoms with Crippen molar-refractivity contribution >= 4 is 0 Å². The molecular formula is C6H10F2O2. The third-order valence-corrected chi connectivity index (χ3v) is 1.75. The molecule has 0 bridgehead atoms. The van der Waals surface area contributed by atoms with Crippen molar-refractivity contribution in [3.63, 3.8) is 0 Å². The molecule has 1 rings (SSSR count). The molecule has 0 unspecified atom stereocenters. The van der Waals surface area contributed by atoms with Gasteiger partial charge in [-0.25, -0.2) is 8.78 Å². The molecule has 0 aromatic rings. The Morgan fingerprint density at radius 3 is 2.70 bits per heavy atom. The molecule has 0 amide bonds. The van der Waals surface area contributed by atoms with E-state index < -0.39 is 12.5 Å². The van der Waals surface area contributed by atoms with Gasteiger partial charge in [0.25, 0.3) is 6.43 Å². The van der Waals surface area contributed by atoms with Crippen molar-refractivity contribution in [1.82, 2.24) is 0 Å². The second-order valence-corrected chi connectivity index (χ2v) is 2.40. The number of hydrogen-bond donors (Lipinski definition) is 1. The van der Waals surface area contributed by atoms with Gasteiger partial charge in [-0.05, 0) is 6.42 Å². The van der Waals surface area contributed by atoms with Gasteiger partial charge in [-0.2, -0.15) is 0 Å². The van der Waals surface area contributed by atoms with Gasteiger partial charge < -0.3 is 9.84 Å². The molecular weight excluding hydrogens is 142 g/mol. The average Bonchev–Trinajstić information content (AvgIpc) is 2.33. The molecule has 1 saturated heterocycles. The van der Waals surface area contributed by atoms with E-state index in [-0.39, 0.29) is 12.5 Å². The summed E-state index contributed by atoms with van der Waals surface area (Å²) in [6.45, 7) is 0.148. The molecule has 4 heteroatoms. The van der Waals surface area contributed by atoms with Crippen molar-refractivity contribution in [3.8, 4) is 0 Å². The van der Waals surface area contributed by atoms with Crippen LogP contribution in [0.1, 0.15) is 6.42 Å². The first-order chi connectivity index (χ1) is 4.75. The van der Waals surface area contributed by atoms with Gasteiger partial charge in [0, 0.05) is 19.1 Å². The van der Waals surface area contributed by atoms with Crippen LogP contribution in [-0.4, -0.2) is 30.8 Å². The zero-order chi connectivity index (χ0) is 7.56. The van der Waals surface area contributed by atoms with Gasteiger partial charge in [0.1, 0.15) is 6.10 Å². The quantitative estimate of drug-likeness (QED) is 0.629. The van der Waals surface area contributed by atoms with Crippen LogP contribution in [0.25, 0.3) is 0 Å². The summed E-state index contributed by atoms with van der Waals surface area (Å²) in [7, 11) is 0. The molecule has 0 aromatic carbocycles. The molecule has 1 aliphatic rings. The molecule has 0 aromatic heterocycles. The highest BCUT2D eigenvalue weighted by Gasteiger charge is 2.34. The van der Waals surface area contributed by atoms with E-state index in [0.29, 0.717) is 13.0 Å². The summed E-state index contributed by atoms with van der Waals surface area (Å²) >= 11 is 0. The monoisotopic (exact) mass is 152 g/mol. The number of hydrogen-bond acceptors (Lipinski definition) is 2. The third kappa shape index (κ3) is 1.44. The van der Waals surface area contributed by atoms with Crippen LogP contribution in [0.4, 0.5) is 8.78 Å². The van der Waals surface area contributed by atoms with Crippen molar-refractivity contribution in [2.75, 3.05) is 13.2 Å². The minimum absolute atomic E-state index is 0.199. The van der Waals surface area contributed by atoms with Gasteiger partial charge in [-0.15, -0.1) is 0 Å². The van der Waals surface area contributed by atoms with Gasteiger partial charge in [0.15, 0.2) is 0 Å². The van der Waals surface area contributed by atoms with E-state index in [2.05, 4.69) is 0 Å². The van der Waals surface area contributed by atoms with Crippen molar-refractivity contribution in [2.45, 2.75) is 19.0 Å². The summed E-state index contributed by atoms with van der Waals surface area (Å²) in [6.07, 6.45) is -2.95. The third-order valence-electron chi connectivity index (χ3n) is 1.75. The van der Waals surface area contributed by atoms with Crippen LogP contribution in [0, 0.1) is 5.92 Å². The van der Waals surface area contributed by atoms with Gasteiger partial charge in [-0.3, -0.25) is 0 Å². The van der Waals surface area contributed by atoms with E-state index in [1.165, 1.54) is 0 Å². The molecule has 1 N–H and O–H groups in total. The molecule has 0 spiro atoms. The lowest BCUT2D eigenvalue weighted by atomic mass is 10.0. The van der Waals surface area contributed by atoms with Crippen molar-refractivity contribution in [3.05, 3.63) is 0 Å². The number of aliphatic hydroxyl groups is 1. The molecule has 0 radical (unpaired) electrons. The zero-order valence-electron chi connectivity index (χ0n) is 5.46. The lowest BCUT2D eigenvalue weighted by molar-refractivity contribution is -0.0471. The van der Waals surface area contributed by atoms with E-state index in [9.17, 15) is 8.78 Å². The van der Waals surface area contributed by atoms with Gasteiger partial charge in [0.2, 0.25) is 0 Å². The average molecular weight is 152 g/mol. The summed E-state index contributed by atoms with van der Waals surface area (Å²) in [6, 6.07) is 0. The largest absolute Gasteiger partial charge is 0.396 e. The molecule has 1 aliphatic heterocycles.